The van der Waals surface area contributed by atoms with Gasteiger partial charge in [0.15, 0.2) is 0 Å². The number of fused-ring (bicyclic) bond motifs is 1. The molecule has 1 aromatic carbocycles. The molecule has 5 heteroatoms. The predicted molar refractivity (Wildman–Crippen MR) is 80.2 cm³/mol. The maximum absolute atomic E-state index is 11.4. The molecular formula is C15H11BrN2O2. The Morgan fingerprint density at radius 1 is 1.20 bits per heavy atom. The number of benzene rings is 1. The molecule has 0 spiro atoms. The highest BCUT2D eigenvalue weighted by Crippen LogP contribution is 2.25. The molecule has 0 aliphatic rings. The van der Waals surface area contributed by atoms with Crippen molar-refractivity contribution in [2.45, 2.75) is 5.33 Å². The molecule has 0 amide bonds. The summed E-state index contributed by atoms with van der Waals surface area (Å²) in [4.78, 5) is 15.8. The van der Waals surface area contributed by atoms with Gasteiger partial charge < -0.3 is 5.11 Å². The van der Waals surface area contributed by atoms with E-state index >= 15 is 0 Å². The molecule has 2 aromatic heterocycles. The fourth-order valence-corrected chi connectivity index (χ4v) is 2.51. The van der Waals surface area contributed by atoms with Gasteiger partial charge in [0, 0.05) is 17.1 Å². The number of hydrogen-bond acceptors (Lipinski definition) is 2. The number of nitrogens with zero attached hydrogens (tertiary/aromatic N) is 2. The van der Waals surface area contributed by atoms with Crippen molar-refractivity contribution < 1.29 is 9.90 Å². The first-order chi connectivity index (χ1) is 9.70. The molecule has 0 saturated heterocycles. The van der Waals surface area contributed by atoms with Gasteiger partial charge in [-0.05, 0) is 18.2 Å². The van der Waals surface area contributed by atoms with Crippen LogP contribution in [0.2, 0.25) is 0 Å². The van der Waals surface area contributed by atoms with Crippen LogP contribution in [0, 0.1) is 0 Å². The Morgan fingerprint density at radius 3 is 2.75 bits per heavy atom. The van der Waals surface area contributed by atoms with E-state index in [1.54, 1.807) is 12.1 Å². The van der Waals surface area contributed by atoms with Gasteiger partial charge in [-0.15, -0.1) is 0 Å². The lowest BCUT2D eigenvalue weighted by atomic mass is 10.0. The van der Waals surface area contributed by atoms with Crippen LogP contribution < -0.4 is 0 Å². The molecule has 0 radical (unpaired) electrons. The van der Waals surface area contributed by atoms with Gasteiger partial charge in [0.25, 0.3) is 0 Å². The van der Waals surface area contributed by atoms with E-state index in [4.69, 9.17) is 0 Å². The lowest BCUT2D eigenvalue weighted by molar-refractivity contribution is 0.0697. The first-order valence-electron chi connectivity index (χ1n) is 6.06. The molecule has 0 atom stereocenters. The number of pyridine rings is 1. The summed E-state index contributed by atoms with van der Waals surface area (Å²) in [6.45, 7) is 0. The van der Waals surface area contributed by atoms with Crippen molar-refractivity contribution in [1.82, 2.24) is 9.38 Å². The van der Waals surface area contributed by atoms with Crippen molar-refractivity contribution in [2.24, 2.45) is 0 Å². The Labute approximate surface area is 123 Å². The van der Waals surface area contributed by atoms with Crippen molar-refractivity contribution >= 4 is 27.5 Å². The lowest BCUT2D eigenvalue weighted by Crippen LogP contribution is -2.01. The molecule has 2 heterocycles. The zero-order valence-corrected chi connectivity index (χ0v) is 12.0. The summed E-state index contributed by atoms with van der Waals surface area (Å²) in [7, 11) is 0. The monoisotopic (exact) mass is 330 g/mol. The van der Waals surface area contributed by atoms with Crippen LogP contribution in [-0.2, 0) is 5.33 Å². The fraction of sp³-hybridized carbons (Fsp3) is 0.0667. The minimum Gasteiger partial charge on any atom is -0.478 e. The van der Waals surface area contributed by atoms with Gasteiger partial charge in [-0.3, -0.25) is 4.40 Å². The topological polar surface area (TPSA) is 54.6 Å². The van der Waals surface area contributed by atoms with Gasteiger partial charge in [-0.25, -0.2) is 9.78 Å². The van der Waals surface area contributed by atoms with Gasteiger partial charge in [0.2, 0.25) is 0 Å². The van der Waals surface area contributed by atoms with E-state index in [1.807, 2.05) is 40.9 Å². The van der Waals surface area contributed by atoms with Crippen LogP contribution in [0.3, 0.4) is 0 Å². The van der Waals surface area contributed by atoms with Gasteiger partial charge in [-0.1, -0.05) is 40.2 Å². The van der Waals surface area contributed by atoms with Crippen LogP contribution in [0.25, 0.3) is 16.9 Å². The molecule has 100 valence electrons. The number of carboxylic acids is 1. The third kappa shape index (κ3) is 2.10. The number of carbonyl (C=O) groups is 1. The fourth-order valence-electron chi connectivity index (χ4n) is 2.24. The van der Waals surface area contributed by atoms with Gasteiger partial charge in [0.1, 0.15) is 5.65 Å². The van der Waals surface area contributed by atoms with E-state index in [1.165, 1.54) is 0 Å². The lowest BCUT2D eigenvalue weighted by Gasteiger charge is -2.08. The Bertz CT molecular complexity index is 795. The molecule has 0 unspecified atom stereocenters. The van der Waals surface area contributed by atoms with Gasteiger partial charge in [-0.2, -0.15) is 0 Å². The highest BCUT2D eigenvalue weighted by Gasteiger charge is 2.13. The maximum Gasteiger partial charge on any atom is 0.336 e. The van der Waals surface area contributed by atoms with Crippen LogP contribution in [-0.4, -0.2) is 20.5 Å². The molecule has 3 aromatic rings. The highest BCUT2D eigenvalue weighted by atomic mass is 79.9. The SMILES string of the molecule is O=C(O)c1ccccc1-c1cccc2nc(CBr)cn12. The smallest absolute Gasteiger partial charge is 0.336 e. The minimum atomic E-state index is -0.932. The highest BCUT2D eigenvalue weighted by molar-refractivity contribution is 9.08. The number of alkyl halides is 1. The summed E-state index contributed by atoms with van der Waals surface area (Å²) in [5.74, 6) is -0.932. The number of carboxylic acid groups (broad SMARTS) is 1. The molecule has 4 nitrogen and oxygen atoms in total. The largest absolute Gasteiger partial charge is 0.478 e. The average Bonchev–Trinajstić information content (AvgIpc) is 2.90. The van der Waals surface area contributed by atoms with Crippen LogP contribution in [0.15, 0.2) is 48.7 Å². The summed E-state index contributed by atoms with van der Waals surface area (Å²) < 4.78 is 1.92. The summed E-state index contributed by atoms with van der Waals surface area (Å²) in [5, 5.41) is 9.98. The van der Waals surface area contributed by atoms with E-state index in [0.717, 1.165) is 17.0 Å². The Morgan fingerprint density at radius 2 is 2.00 bits per heavy atom. The number of halogens is 1. The second-order valence-electron chi connectivity index (χ2n) is 4.36. The van der Waals surface area contributed by atoms with Crippen LogP contribution in [0.5, 0.6) is 0 Å². The predicted octanol–water partition coefficient (Wildman–Crippen LogP) is 3.59. The third-order valence-corrected chi connectivity index (χ3v) is 3.69. The molecule has 20 heavy (non-hydrogen) atoms. The molecule has 0 bridgehead atoms. The summed E-state index contributed by atoms with van der Waals surface area (Å²) in [6, 6.07) is 12.7. The molecule has 0 fully saturated rings. The normalized spacial score (nSPS) is 10.8. The van der Waals surface area contributed by atoms with Crippen molar-refractivity contribution in [3.05, 3.63) is 59.9 Å². The number of imidazole rings is 1. The minimum absolute atomic E-state index is 0.286. The molecular weight excluding hydrogens is 320 g/mol. The van der Waals surface area contributed by atoms with E-state index in [9.17, 15) is 9.90 Å². The summed E-state index contributed by atoms with van der Waals surface area (Å²) in [6.07, 6.45) is 1.91. The zero-order valence-electron chi connectivity index (χ0n) is 10.5. The second kappa shape index (κ2) is 5.09. The number of aromatic nitrogens is 2. The van der Waals surface area contributed by atoms with Crippen molar-refractivity contribution in [3.63, 3.8) is 0 Å². The Balaban J connectivity index is 2.29. The quantitative estimate of drug-likeness (QED) is 0.746. The van der Waals surface area contributed by atoms with Crippen molar-refractivity contribution in [2.75, 3.05) is 0 Å². The zero-order chi connectivity index (χ0) is 14.1. The van der Waals surface area contributed by atoms with Crippen molar-refractivity contribution in [1.29, 1.82) is 0 Å². The number of hydrogen-bond donors (Lipinski definition) is 1. The van der Waals surface area contributed by atoms with Gasteiger partial charge >= 0.3 is 5.97 Å². The first kappa shape index (κ1) is 12.9. The third-order valence-electron chi connectivity index (χ3n) is 3.11. The van der Waals surface area contributed by atoms with Crippen LogP contribution in [0.1, 0.15) is 16.1 Å². The molecule has 0 saturated carbocycles. The standard InChI is InChI=1S/C15H11BrN2O2/c16-8-10-9-18-13(6-3-7-14(18)17-10)11-4-1-2-5-12(11)15(19)20/h1-7,9H,8H2,(H,19,20). The van der Waals surface area contributed by atoms with E-state index < -0.39 is 5.97 Å². The maximum atomic E-state index is 11.4. The first-order valence-corrected chi connectivity index (χ1v) is 7.18. The van der Waals surface area contributed by atoms with E-state index in [-0.39, 0.29) is 5.56 Å². The van der Waals surface area contributed by atoms with Crippen LogP contribution in [0.4, 0.5) is 0 Å². The Kier molecular flexibility index (Phi) is 3.28. The van der Waals surface area contributed by atoms with Crippen LogP contribution >= 0.6 is 15.9 Å². The number of rotatable bonds is 3. The number of aromatic carboxylic acids is 1. The van der Waals surface area contributed by atoms with Crippen molar-refractivity contribution in [3.8, 4) is 11.3 Å². The van der Waals surface area contributed by atoms with E-state index in [2.05, 4.69) is 20.9 Å². The van der Waals surface area contributed by atoms with E-state index in [0.29, 0.717) is 10.9 Å². The molecule has 3 rings (SSSR count). The summed E-state index contributed by atoms with van der Waals surface area (Å²) in [5.41, 5.74) is 3.50. The Hall–Kier alpha value is -2.14. The van der Waals surface area contributed by atoms with Gasteiger partial charge in [0.05, 0.1) is 17.0 Å². The molecule has 0 aliphatic carbocycles. The molecule has 0 aliphatic heterocycles. The second-order valence-corrected chi connectivity index (χ2v) is 4.92. The summed E-state index contributed by atoms with van der Waals surface area (Å²) >= 11 is 3.38. The average molecular weight is 331 g/mol. The molecule has 1 N–H and O–H groups in total.